The molecule has 0 radical (unpaired) electrons. The first-order valence-corrected chi connectivity index (χ1v) is 20.5. The van der Waals surface area contributed by atoms with Gasteiger partial charge in [0.2, 0.25) is 5.91 Å². The van der Waals surface area contributed by atoms with Gasteiger partial charge in [-0.15, -0.1) is 0 Å². The third kappa shape index (κ3) is 6.98. The van der Waals surface area contributed by atoms with Gasteiger partial charge in [-0.2, -0.15) is 0 Å². The molecule has 56 heavy (non-hydrogen) atoms. The lowest BCUT2D eigenvalue weighted by Crippen LogP contribution is -2.51. The summed E-state index contributed by atoms with van der Waals surface area (Å²) >= 11 is 0. The van der Waals surface area contributed by atoms with Crippen LogP contribution in [0.25, 0.3) is 0 Å². The Hall–Kier alpha value is -5.41. The van der Waals surface area contributed by atoms with Crippen LogP contribution in [0, 0.1) is 5.92 Å². The number of hydrogen-bond donors (Lipinski definition) is 2. The molecule has 2 N–H and O–H groups in total. The lowest BCUT2D eigenvalue weighted by Gasteiger charge is -2.38. The number of allylic oxidation sites excluding steroid dienone is 1. The number of aryl methyl sites for hydroxylation is 1. The smallest absolute Gasteiger partial charge is 0.262 e. The van der Waals surface area contributed by atoms with Gasteiger partial charge in [-0.1, -0.05) is 55.1 Å². The van der Waals surface area contributed by atoms with E-state index in [0.717, 1.165) is 75.2 Å². The second-order valence-corrected chi connectivity index (χ2v) is 16.4. The van der Waals surface area contributed by atoms with Gasteiger partial charge >= 0.3 is 0 Å². The van der Waals surface area contributed by atoms with Crippen molar-refractivity contribution in [3.8, 4) is 5.75 Å². The predicted molar refractivity (Wildman–Crippen MR) is 219 cm³/mol. The highest BCUT2D eigenvalue weighted by molar-refractivity contribution is 6.23. The molecule has 288 valence electrons. The minimum Gasteiger partial charge on any atom is -0.508 e. The van der Waals surface area contributed by atoms with E-state index in [1.165, 1.54) is 47.2 Å². The van der Waals surface area contributed by atoms with Gasteiger partial charge in [0, 0.05) is 62.3 Å². The normalized spacial score (nSPS) is 23.3. The van der Waals surface area contributed by atoms with Crippen LogP contribution >= 0.6 is 0 Å². The van der Waals surface area contributed by atoms with Crippen LogP contribution in [0.4, 0.5) is 11.4 Å². The summed E-state index contributed by atoms with van der Waals surface area (Å²) in [5, 5.41) is 12.9. The van der Waals surface area contributed by atoms with Crippen LogP contribution in [-0.2, 0) is 11.2 Å². The highest BCUT2D eigenvalue weighted by Gasteiger charge is 2.44. The molecule has 0 bridgehead atoms. The Balaban J connectivity index is 0.764. The zero-order chi connectivity index (χ0) is 38.3. The van der Waals surface area contributed by atoms with Crippen LogP contribution in [-0.4, -0.2) is 84.5 Å². The number of hydrogen-bond acceptors (Lipinski definition) is 7. The van der Waals surface area contributed by atoms with Crippen molar-refractivity contribution in [1.29, 1.82) is 0 Å². The van der Waals surface area contributed by atoms with Gasteiger partial charge in [-0.05, 0) is 128 Å². The summed E-state index contributed by atoms with van der Waals surface area (Å²) in [4.78, 5) is 47.8. The van der Waals surface area contributed by atoms with E-state index >= 15 is 0 Å². The Morgan fingerprint density at radius 3 is 2.14 bits per heavy atom. The molecule has 4 aliphatic heterocycles. The predicted octanol–water partition coefficient (Wildman–Crippen LogP) is 7.07. The highest BCUT2D eigenvalue weighted by Crippen LogP contribution is 2.47. The number of amides is 3. The largest absolute Gasteiger partial charge is 0.508 e. The summed E-state index contributed by atoms with van der Waals surface area (Å²) in [6, 6.07) is 30.9. The van der Waals surface area contributed by atoms with Crippen LogP contribution in [0.2, 0.25) is 0 Å². The molecule has 4 aromatic rings. The molecule has 0 saturated carbocycles. The van der Waals surface area contributed by atoms with E-state index < -0.39 is 6.04 Å². The SMILES string of the molecule is C=C1CCC(N2C(=O)c3ccc(N4CCN(CCC5CCN(c6ccc(C7c8ccc(O)cc8CCC7c7ccccc7)cc6)CC5)CC4)cc3C2=O)C(=O)N1. The summed E-state index contributed by atoms with van der Waals surface area (Å²) in [6.07, 6.45) is 6.61. The second kappa shape index (κ2) is 15.3. The minimum atomic E-state index is -0.796. The van der Waals surface area contributed by atoms with Gasteiger partial charge in [0.05, 0.1) is 11.1 Å². The topological polar surface area (TPSA) is 96.4 Å². The highest BCUT2D eigenvalue weighted by atomic mass is 16.3. The summed E-state index contributed by atoms with van der Waals surface area (Å²) in [7, 11) is 0. The molecule has 4 aromatic carbocycles. The van der Waals surface area contributed by atoms with Gasteiger partial charge in [0.1, 0.15) is 11.8 Å². The van der Waals surface area contributed by atoms with Crippen molar-refractivity contribution in [2.45, 2.75) is 62.8 Å². The number of fused-ring (bicyclic) bond motifs is 2. The minimum absolute atomic E-state index is 0.261. The van der Waals surface area contributed by atoms with E-state index in [0.29, 0.717) is 41.3 Å². The van der Waals surface area contributed by atoms with E-state index in [9.17, 15) is 19.5 Å². The number of rotatable bonds is 8. The van der Waals surface area contributed by atoms with E-state index in [1.54, 1.807) is 6.07 Å². The van der Waals surface area contributed by atoms with Gasteiger partial charge in [-0.25, -0.2) is 0 Å². The van der Waals surface area contributed by atoms with Crippen molar-refractivity contribution in [1.82, 2.24) is 15.1 Å². The molecule has 4 heterocycles. The zero-order valence-corrected chi connectivity index (χ0v) is 32.0. The molecule has 3 amide bonds. The fraction of sp³-hybridized carbons (Fsp3) is 0.383. The number of piperidine rings is 2. The van der Waals surface area contributed by atoms with E-state index in [2.05, 4.69) is 87.3 Å². The van der Waals surface area contributed by atoms with Crippen molar-refractivity contribution in [3.63, 3.8) is 0 Å². The number of nitrogens with one attached hydrogen (secondary N) is 1. The fourth-order valence-electron chi connectivity index (χ4n) is 9.98. The number of carbonyl (C=O) groups excluding carboxylic acids is 3. The van der Waals surface area contributed by atoms with Crippen LogP contribution < -0.4 is 15.1 Å². The van der Waals surface area contributed by atoms with Crippen molar-refractivity contribution in [2.75, 3.05) is 55.6 Å². The molecule has 3 saturated heterocycles. The standard InChI is InChI=1S/C47H51N5O4/c1-31-7-18-43(45(54)48-31)52-46(55)41-16-13-37(30-42(41)47(52)56)51-27-25-49(26-28-51)22-19-32-20-23-50(24-21-32)36-11-8-34(9-12-36)44-39(33-5-3-2-4-6-33)15-10-35-29-38(53)14-17-40(35)44/h2-6,8-9,11-14,16-17,29-30,32,39,43-44,53H,1,7,10,15,18-28H2,(H,48,54). The molecule has 5 aliphatic rings. The third-order valence-electron chi connectivity index (χ3n) is 13.2. The molecule has 3 unspecified atom stereocenters. The molecule has 3 fully saturated rings. The average Bonchev–Trinajstić information content (AvgIpc) is 3.48. The Labute approximate surface area is 329 Å². The maximum Gasteiger partial charge on any atom is 0.262 e. The lowest BCUT2D eigenvalue weighted by molar-refractivity contribution is -0.125. The average molecular weight is 750 g/mol. The Morgan fingerprint density at radius 2 is 1.39 bits per heavy atom. The molecule has 0 aromatic heterocycles. The number of imide groups is 1. The maximum atomic E-state index is 13.4. The first-order chi connectivity index (χ1) is 27.3. The summed E-state index contributed by atoms with van der Waals surface area (Å²) in [5.41, 5.74) is 8.97. The van der Waals surface area contributed by atoms with E-state index in [1.807, 2.05) is 24.3 Å². The van der Waals surface area contributed by atoms with Crippen LogP contribution in [0.5, 0.6) is 5.75 Å². The van der Waals surface area contributed by atoms with Crippen LogP contribution in [0.15, 0.2) is 103 Å². The lowest BCUT2D eigenvalue weighted by atomic mass is 9.69. The second-order valence-electron chi connectivity index (χ2n) is 16.4. The number of anilines is 2. The number of carbonyl (C=O) groups is 3. The Morgan fingerprint density at radius 1 is 0.679 bits per heavy atom. The van der Waals surface area contributed by atoms with Gasteiger partial charge < -0.3 is 20.2 Å². The first kappa shape index (κ1) is 36.2. The quantitative estimate of drug-likeness (QED) is 0.186. The van der Waals surface area contributed by atoms with E-state index in [-0.39, 0.29) is 23.6 Å². The molecule has 9 nitrogen and oxygen atoms in total. The first-order valence-electron chi connectivity index (χ1n) is 20.5. The van der Waals surface area contributed by atoms with Crippen LogP contribution in [0.1, 0.15) is 93.3 Å². The molecule has 9 rings (SSSR count). The number of phenols is 1. The van der Waals surface area contributed by atoms with Crippen molar-refractivity contribution < 1.29 is 19.5 Å². The molecule has 3 atom stereocenters. The van der Waals surface area contributed by atoms with Gasteiger partial charge in [0.15, 0.2) is 0 Å². The molecular weight excluding hydrogens is 699 g/mol. The summed E-state index contributed by atoms with van der Waals surface area (Å²) < 4.78 is 0. The number of aromatic hydroxyl groups is 1. The number of piperazine rings is 1. The maximum absolute atomic E-state index is 13.4. The van der Waals surface area contributed by atoms with Gasteiger partial charge in [-0.3, -0.25) is 24.2 Å². The van der Waals surface area contributed by atoms with Crippen molar-refractivity contribution >= 4 is 29.1 Å². The number of benzene rings is 4. The van der Waals surface area contributed by atoms with Crippen molar-refractivity contribution in [3.05, 3.63) is 137 Å². The van der Waals surface area contributed by atoms with Crippen molar-refractivity contribution in [2.24, 2.45) is 5.92 Å². The fourth-order valence-corrected chi connectivity index (χ4v) is 9.98. The summed E-state index contributed by atoms with van der Waals surface area (Å²) in [5.74, 6) is 0.619. The number of nitrogens with zero attached hydrogens (tertiary/aromatic N) is 4. The third-order valence-corrected chi connectivity index (χ3v) is 13.2. The molecule has 9 heteroatoms. The summed E-state index contributed by atoms with van der Waals surface area (Å²) in [6.45, 7) is 10.7. The van der Waals surface area contributed by atoms with Crippen LogP contribution in [0.3, 0.4) is 0 Å². The number of phenolic OH excluding ortho intramolecular Hbond substituents is 1. The molecular formula is C47H51N5O4. The Kier molecular flexibility index (Phi) is 9.88. The van der Waals surface area contributed by atoms with Gasteiger partial charge in [0.25, 0.3) is 11.8 Å². The van der Waals surface area contributed by atoms with E-state index in [4.69, 9.17) is 0 Å². The monoisotopic (exact) mass is 749 g/mol. The zero-order valence-electron chi connectivity index (χ0n) is 32.0. The molecule has 1 aliphatic carbocycles. The Bertz CT molecular complexity index is 2140. The molecule has 0 spiro atoms.